The number of rotatable bonds is 4. The van der Waals surface area contributed by atoms with E-state index in [1.807, 2.05) is 49.6 Å². The van der Waals surface area contributed by atoms with Crippen molar-refractivity contribution in [1.29, 1.82) is 0 Å². The zero-order valence-electron chi connectivity index (χ0n) is 9.84. The number of thiophene rings is 1. The highest BCUT2D eigenvalue weighted by Crippen LogP contribution is 2.29. The number of aldehydes is 1. The van der Waals surface area contributed by atoms with Crippen LogP contribution in [0.25, 0.3) is 10.4 Å². The second kappa shape index (κ2) is 5.15. The van der Waals surface area contributed by atoms with Crippen LogP contribution in [-0.2, 0) is 0 Å². The molecule has 0 aliphatic rings. The van der Waals surface area contributed by atoms with Crippen LogP contribution in [0, 0.1) is 0 Å². The molecule has 0 spiro atoms. The Morgan fingerprint density at radius 3 is 2.71 bits per heavy atom. The molecule has 2 nitrogen and oxygen atoms in total. The van der Waals surface area contributed by atoms with E-state index in [2.05, 4.69) is 0 Å². The Labute approximate surface area is 105 Å². The van der Waals surface area contributed by atoms with Crippen molar-refractivity contribution in [2.45, 2.75) is 20.0 Å². The van der Waals surface area contributed by atoms with Gasteiger partial charge in [0.05, 0.1) is 11.7 Å². The van der Waals surface area contributed by atoms with Gasteiger partial charge >= 0.3 is 0 Å². The standard InChI is InChI=1S/C14H14O2S/c1-10(2)16-13-6-5-11(8-12(13)9-15)14-4-3-7-17-14/h3-10H,1-2H3. The van der Waals surface area contributed by atoms with Crippen molar-refractivity contribution in [3.05, 3.63) is 41.3 Å². The summed E-state index contributed by atoms with van der Waals surface area (Å²) in [5.74, 6) is 0.648. The molecule has 0 bridgehead atoms. The number of carbonyl (C=O) groups excluding carboxylic acids is 1. The fourth-order valence-corrected chi connectivity index (χ4v) is 2.32. The molecular formula is C14H14O2S. The first-order valence-corrected chi connectivity index (χ1v) is 6.38. The molecule has 0 unspecified atom stereocenters. The molecule has 0 saturated carbocycles. The SMILES string of the molecule is CC(C)Oc1ccc(-c2cccs2)cc1C=O. The van der Waals surface area contributed by atoms with E-state index in [0.717, 1.165) is 16.7 Å². The average Bonchev–Trinajstić information content (AvgIpc) is 2.82. The van der Waals surface area contributed by atoms with Gasteiger partial charge in [-0.15, -0.1) is 11.3 Å². The van der Waals surface area contributed by atoms with Crippen LogP contribution in [0.3, 0.4) is 0 Å². The quantitative estimate of drug-likeness (QED) is 0.762. The van der Waals surface area contributed by atoms with Crippen molar-refractivity contribution in [2.75, 3.05) is 0 Å². The molecule has 0 atom stereocenters. The topological polar surface area (TPSA) is 26.3 Å². The van der Waals surface area contributed by atoms with Crippen molar-refractivity contribution in [3.63, 3.8) is 0 Å². The highest BCUT2D eigenvalue weighted by Gasteiger charge is 2.07. The summed E-state index contributed by atoms with van der Waals surface area (Å²) in [5, 5.41) is 2.02. The second-order valence-electron chi connectivity index (χ2n) is 4.01. The van der Waals surface area contributed by atoms with E-state index in [-0.39, 0.29) is 6.10 Å². The van der Waals surface area contributed by atoms with E-state index in [0.29, 0.717) is 11.3 Å². The molecule has 0 N–H and O–H groups in total. The van der Waals surface area contributed by atoms with Gasteiger partial charge in [-0.05, 0) is 49.1 Å². The number of ether oxygens (including phenoxy) is 1. The minimum atomic E-state index is 0.0706. The summed E-state index contributed by atoms with van der Waals surface area (Å²) in [7, 11) is 0. The zero-order chi connectivity index (χ0) is 12.3. The average molecular weight is 246 g/mol. The van der Waals surface area contributed by atoms with Gasteiger partial charge in [-0.1, -0.05) is 6.07 Å². The van der Waals surface area contributed by atoms with E-state index in [1.165, 1.54) is 0 Å². The lowest BCUT2D eigenvalue weighted by Crippen LogP contribution is -2.07. The summed E-state index contributed by atoms with van der Waals surface area (Å²) in [6.07, 6.45) is 0.913. The molecule has 2 rings (SSSR count). The first-order chi connectivity index (χ1) is 8.20. The van der Waals surface area contributed by atoms with Gasteiger partial charge < -0.3 is 4.74 Å². The highest BCUT2D eigenvalue weighted by atomic mass is 32.1. The maximum absolute atomic E-state index is 11.1. The smallest absolute Gasteiger partial charge is 0.153 e. The van der Waals surface area contributed by atoms with E-state index in [9.17, 15) is 4.79 Å². The molecule has 0 aliphatic heterocycles. The van der Waals surface area contributed by atoms with E-state index in [1.54, 1.807) is 11.3 Å². The zero-order valence-corrected chi connectivity index (χ0v) is 10.7. The maximum atomic E-state index is 11.1. The lowest BCUT2D eigenvalue weighted by Gasteiger charge is -2.12. The van der Waals surface area contributed by atoms with E-state index < -0.39 is 0 Å². The Hall–Kier alpha value is -1.61. The van der Waals surface area contributed by atoms with E-state index >= 15 is 0 Å². The summed E-state index contributed by atoms with van der Waals surface area (Å²) < 4.78 is 5.58. The van der Waals surface area contributed by atoms with Crippen LogP contribution in [0.1, 0.15) is 24.2 Å². The van der Waals surface area contributed by atoms with Crippen molar-refractivity contribution in [3.8, 4) is 16.2 Å². The molecule has 1 aromatic carbocycles. The van der Waals surface area contributed by atoms with Gasteiger partial charge in [0.25, 0.3) is 0 Å². The predicted octanol–water partition coefficient (Wildman–Crippen LogP) is 4.01. The third-order valence-corrected chi connectivity index (χ3v) is 3.22. The fraction of sp³-hybridized carbons (Fsp3) is 0.214. The first kappa shape index (κ1) is 11.9. The summed E-state index contributed by atoms with van der Waals surface area (Å²) in [5.41, 5.74) is 1.66. The molecule has 0 aliphatic carbocycles. The van der Waals surface area contributed by atoms with Crippen molar-refractivity contribution in [2.24, 2.45) is 0 Å². The Morgan fingerprint density at radius 1 is 1.29 bits per heavy atom. The Balaban J connectivity index is 2.37. The van der Waals surface area contributed by atoms with Crippen LogP contribution >= 0.6 is 11.3 Å². The Morgan fingerprint density at radius 2 is 2.12 bits per heavy atom. The van der Waals surface area contributed by atoms with Gasteiger partial charge in [-0.2, -0.15) is 0 Å². The van der Waals surface area contributed by atoms with Crippen molar-refractivity contribution < 1.29 is 9.53 Å². The number of carbonyl (C=O) groups is 1. The van der Waals surface area contributed by atoms with Crippen LogP contribution in [0.5, 0.6) is 5.75 Å². The van der Waals surface area contributed by atoms with Crippen LogP contribution in [0.4, 0.5) is 0 Å². The normalized spacial score (nSPS) is 10.5. The lowest BCUT2D eigenvalue weighted by molar-refractivity contribution is 0.111. The Bertz CT molecular complexity index is 501. The van der Waals surface area contributed by atoms with Gasteiger partial charge in [0.15, 0.2) is 6.29 Å². The van der Waals surface area contributed by atoms with Crippen LogP contribution in [-0.4, -0.2) is 12.4 Å². The van der Waals surface area contributed by atoms with Crippen LogP contribution < -0.4 is 4.74 Å². The number of hydrogen-bond donors (Lipinski definition) is 0. The molecule has 0 saturated heterocycles. The van der Waals surface area contributed by atoms with Gasteiger partial charge in [0.1, 0.15) is 5.75 Å². The highest BCUT2D eigenvalue weighted by molar-refractivity contribution is 7.13. The van der Waals surface area contributed by atoms with Crippen molar-refractivity contribution >= 4 is 17.6 Å². The molecule has 0 radical (unpaired) electrons. The summed E-state index contributed by atoms with van der Waals surface area (Å²) in [4.78, 5) is 12.2. The number of benzene rings is 1. The summed E-state index contributed by atoms with van der Waals surface area (Å²) in [6.45, 7) is 3.89. The third kappa shape index (κ3) is 2.74. The molecule has 88 valence electrons. The molecule has 1 aromatic heterocycles. The fourth-order valence-electron chi connectivity index (χ4n) is 1.60. The minimum absolute atomic E-state index is 0.0706. The van der Waals surface area contributed by atoms with Crippen LogP contribution in [0.15, 0.2) is 35.7 Å². The third-order valence-electron chi connectivity index (χ3n) is 2.31. The van der Waals surface area contributed by atoms with Gasteiger partial charge in [0, 0.05) is 4.88 Å². The minimum Gasteiger partial charge on any atom is -0.490 e. The maximum Gasteiger partial charge on any atom is 0.153 e. The van der Waals surface area contributed by atoms with Gasteiger partial charge in [-0.3, -0.25) is 4.79 Å². The number of hydrogen-bond acceptors (Lipinski definition) is 3. The molecule has 17 heavy (non-hydrogen) atoms. The van der Waals surface area contributed by atoms with Gasteiger partial charge in [-0.25, -0.2) is 0 Å². The molecule has 0 fully saturated rings. The predicted molar refractivity (Wildman–Crippen MR) is 70.9 cm³/mol. The lowest BCUT2D eigenvalue weighted by atomic mass is 10.1. The largest absolute Gasteiger partial charge is 0.490 e. The Kier molecular flexibility index (Phi) is 3.59. The molecular weight excluding hydrogens is 232 g/mol. The van der Waals surface area contributed by atoms with E-state index in [4.69, 9.17) is 4.74 Å². The molecule has 3 heteroatoms. The molecule has 0 amide bonds. The van der Waals surface area contributed by atoms with Gasteiger partial charge in [0.2, 0.25) is 0 Å². The second-order valence-corrected chi connectivity index (χ2v) is 4.96. The summed E-state index contributed by atoms with van der Waals surface area (Å²) in [6, 6.07) is 9.75. The molecule has 2 aromatic rings. The molecule has 1 heterocycles. The van der Waals surface area contributed by atoms with Crippen LogP contribution in [0.2, 0.25) is 0 Å². The monoisotopic (exact) mass is 246 g/mol. The first-order valence-electron chi connectivity index (χ1n) is 5.50. The summed E-state index contributed by atoms with van der Waals surface area (Å²) >= 11 is 1.66. The van der Waals surface area contributed by atoms with Crippen molar-refractivity contribution in [1.82, 2.24) is 0 Å².